The van der Waals surface area contributed by atoms with Gasteiger partial charge in [-0.3, -0.25) is 0 Å². The molecule has 1 rings (SSSR count). The van der Waals surface area contributed by atoms with Gasteiger partial charge in [0.25, 0.3) is 0 Å². The van der Waals surface area contributed by atoms with Crippen LogP contribution in [0.25, 0.3) is 0 Å². The van der Waals surface area contributed by atoms with Crippen LogP contribution in [0.3, 0.4) is 0 Å². The highest BCUT2D eigenvalue weighted by molar-refractivity contribution is 5.46. The molecule has 0 heterocycles. The van der Waals surface area contributed by atoms with E-state index in [0.29, 0.717) is 5.75 Å². The Hall–Kier alpha value is -0.980. The molecule has 0 aliphatic rings. The first-order valence-corrected chi connectivity index (χ1v) is 4.63. The van der Waals surface area contributed by atoms with Gasteiger partial charge >= 0.3 is 0 Å². The summed E-state index contributed by atoms with van der Waals surface area (Å²) in [5.41, 5.74) is 3.52. The largest absolute Gasteiger partial charge is 0.508 e. The third kappa shape index (κ3) is 1.85. The molecule has 72 valence electrons. The fourth-order valence-electron chi connectivity index (χ4n) is 1.75. The molecule has 1 heteroatoms. The van der Waals surface area contributed by atoms with Crippen molar-refractivity contribution in [3.05, 3.63) is 28.8 Å². The van der Waals surface area contributed by atoms with Gasteiger partial charge in [0.05, 0.1) is 0 Å². The molecule has 13 heavy (non-hydrogen) atoms. The lowest BCUT2D eigenvalue weighted by atomic mass is 9.82. The predicted octanol–water partition coefficient (Wildman–Crippen LogP) is 3.31. The lowest BCUT2D eigenvalue weighted by Gasteiger charge is -2.23. The van der Waals surface area contributed by atoms with Gasteiger partial charge in [-0.1, -0.05) is 26.8 Å². The van der Waals surface area contributed by atoms with Crippen molar-refractivity contribution in [2.24, 2.45) is 0 Å². The SMILES string of the molecule is Cc1ccc(O)c(C(C)(C)C)c1C. The van der Waals surface area contributed by atoms with Crippen molar-refractivity contribution < 1.29 is 5.11 Å². The van der Waals surface area contributed by atoms with E-state index in [2.05, 4.69) is 34.6 Å². The van der Waals surface area contributed by atoms with E-state index < -0.39 is 0 Å². The van der Waals surface area contributed by atoms with Gasteiger partial charge in [0, 0.05) is 5.56 Å². The second kappa shape index (κ2) is 3.06. The fraction of sp³-hybridized carbons (Fsp3) is 0.500. The molecule has 0 aliphatic carbocycles. The molecule has 0 radical (unpaired) electrons. The quantitative estimate of drug-likeness (QED) is 0.646. The van der Waals surface area contributed by atoms with Gasteiger partial charge in [-0.25, -0.2) is 0 Å². The van der Waals surface area contributed by atoms with Crippen molar-refractivity contribution in [1.82, 2.24) is 0 Å². The predicted molar refractivity (Wildman–Crippen MR) is 56.3 cm³/mol. The van der Waals surface area contributed by atoms with Crippen LogP contribution < -0.4 is 0 Å². The van der Waals surface area contributed by atoms with Crippen molar-refractivity contribution in [2.75, 3.05) is 0 Å². The number of phenolic OH excluding ortho intramolecular Hbond substituents is 1. The van der Waals surface area contributed by atoms with Crippen LogP contribution in [0.5, 0.6) is 5.75 Å². The zero-order valence-corrected chi connectivity index (χ0v) is 9.10. The standard InChI is InChI=1S/C12H18O/c1-8-6-7-10(13)11(9(8)2)12(3,4)5/h6-7,13H,1-5H3. The summed E-state index contributed by atoms with van der Waals surface area (Å²) >= 11 is 0. The average molecular weight is 178 g/mol. The maximum absolute atomic E-state index is 9.75. The summed E-state index contributed by atoms with van der Waals surface area (Å²) < 4.78 is 0. The molecule has 0 amide bonds. The minimum absolute atomic E-state index is 0.0141. The highest BCUT2D eigenvalue weighted by atomic mass is 16.3. The first kappa shape index (κ1) is 10.1. The van der Waals surface area contributed by atoms with E-state index in [1.165, 1.54) is 11.1 Å². The lowest BCUT2D eigenvalue weighted by Crippen LogP contribution is -2.14. The average Bonchev–Trinajstić information content (AvgIpc) is 1.95. The monoisotopic (exact) mass is 178 g/mol. The number of benzene rings is 1. The summed E-state index contributed by atoms with van der Waals surface area (Å²) in [5, 5.41) is 9.75. The van der Waals surface area contributed by atoms with Crippen LogP contribution in [0, 0.1) is 13.8 Å². The van der Waals surface area contributed by atoms with Crippen LogP contribution >= 0.6 is 0 Å². The highest BCUT2D eigenvalue weighted by Crippen LogP contribution is 2.34. The summed E-state index contributed by atoms with van der Waals surface area (Å²) in [4.78, 5) is 0. The molecule has 0 aromatic heterocycles. The van der Waals surface area contributed by atoms with E-state index in [1.807, 2.05) is 6.07 Å². The van der Waals surface area contributed by atoms with Crippen molar-refractivity contribution in [2.45, 2.75) is 40.0 Å². The van der Waals surface area contributed by atoms with Gasteiger partial charge in [0.2, 0.25) is 0 Å². The van der Waals surface area contributed by atoms with Crippen molar-refractivity contribution in [3.63, 3.8) is 0 Å². The molecule has 0 spiro atoms. The smallest absolute Gasteiger partial charge is 0.119 e. The third-order valence-corrected chi connectivity index (χ3v) is 2.46. The molecule has 1 N–H and O–H groups in total. The molecule has 0 atom stereocenters. The molecule has 1 nitrogen and oxygen atoms in total. The van der Waals surface area contributed by atoms with Crippen LogP contribution in [0.1, 0.15) is 37.5 Å². The van der Waals surface area contributed by atoms with E-state index in [1.54, 1.807) is 6.07 Å². The molecule has 0 fully saturated rings. The van der Waals surface area contributed by atoms with Crippen molar-refractivity contribution in [3.8, 4) is 5.75 Å². The Morgan fingerprint density at radius 3 is 2.00 bits per heavy atom. The second-order valence-electron chi connectivity index (χ2n) is 4.65. The van der Waals surface area contributed by atoms with Gasteiger partial charge in [-0.05, 0) is 36.5 Å². The molecule has 0 saturated heterocycles. The Morgan fingerprint density at radius 1 is 1.08 bits per heavy atom. The maximum atomic E-state index is 9.75. The molecular formula is C12H18O. The van der Waals surface area contributed by atoms with Crippen molar-refractivity contribution >= 4 is 0 Å². The Kier molecular flexibility index (Phi) is 2.38. The minimum Gasteiger partial charge on any atom is -0.508 e. The Balaban J connectivity index is 3.43. The van der Waals surface area contributed by atoms with Crippen LogP contribution in [-0.2, 0) is 5.41 Å². The second-order valence-corrected chi connectivity index (χ2v) is 4.65. The van der Waals surface area contributed by atoms with Gasteiger partial charge in [-0.2, -0.15) is 0 Å². The van der Waals surface area contributed by atoms with Crippen LogP contribution in [0.15, 0.2) is 12.1 Å². The molecule has 0 unspecified atom stereocenters. The fourth-order valence-corrected chi connectivity index (χ4v) is 1.75. The number of rotatable bonds is 0. The number of hydrogen-bond donors (Lipinski definition) is 1. The first-order chi connectivity index (χ1) is 5.84. The van der Waals surface area contributed by atoms with E-state index in [4.69, 9.17) is 0 Å². The minimum atomic E-state index is 0.0141. The van der Waals surface area contributed by atoms with Gasteiger partial charge < -0.3 is 5.11 Å². The molecule has 1 aromatic carbocycles. The topological polar surface area (TPSA) is 20.2 Å². The third-order valence-electron chi connectivity index (χ3n) is 2.46. The molecule has 0 aliphatic heterocycles. The summed E-state index contributed by atoms with van der Waals surface area (Å²) in [7, 11) is 0. The van der Waals surface area contributed by atoms with Gasteiger partial charge in [0.1, 0.15) is 5.75 Å². The lowest BCUT2D eigenvalue weighted by molar-refractivity contribution is 0.445. The Morgan fingerprint density at radius 2 is 1.62 bits per heavy atom. The van der Waals surface area contributed by atoms with Crippen molar-refractivity contribution in [1.29, 1.82) is 0 Å². The zero-order chi connectivity index (χ0) is 10.2. The molecule has 1 aromatic rings. The Bertz CT molecular complexity index is 319. The molecule has 0 bridgehead atoms. The zero-order valence-electron chi connectivity index (χ0n) is 9.10. The summed E-state index contributed by atoms with van der Waals surface area (Å²) in [6, 6.07) is 3.74. The van der Waals surface area contributed by atoms with Crippen LogP contribution in [0.2, 0.25) is 0 Å². The van der Waals surface area contributed by atoms with E-state index >= 15 is 0 Å². The summed E-state index contributed by atoms with van der Waals surface area (Å²) in [5.74, 6) is 0.413. The van der Waals surface area contributed by atoms with E-state index in [-0.39, 0.29) is 5.41 Å². The maximum Gasteiger partial charge on any atom is 0.119 e. The number of phenols is 1. The molecular weight excluding hydrogens is 160 g/mol. The molecule has 0 saturated carbocycles. The number of aromatic hydroxyl groups is 1. The Labute approximate surface area is 80.4 Å². The summed E-state index contributed by atoms with van der Waals surface area (Å²) in [6.45, 7) is 10.5. The highest BCUT2D eigenvalue weighted by Gasteiger charge is 2.20. The van der Waals surface area contributed by atoms with Crippen LogP contribution in [0.4, 0.5) is 0 Å². The number of aryl methyl sites for hydroxylation is 1. The summed E-state index contributed by atoms with van der Waals surface area (Å²) in [6.07, 6.45) is 0. The van der Waals surface area contributed by atoms with Crippen LogP contribution in [-0.4, -0.2) is 5.11 Å². The number of hydrogen-bond acceptors (Lipinski definition) is 1. The van der Waals surface area contributed by atoms with Gasteiger partial charge in [0.15, 0.2) is 0 Å². The van der Waals surface area contributed by atoms with Gasteiger partial charge in [-0.15, -0.1) is 0 Å². The van der Waals surface area contributed by atoms with E-state index in [9.17, 15) is 5.11 Å². The normalized spacial score (nSPS) is 11.8. The first-order valence-electron chi connectivity index (χ1n) is 4.63. The van der Waals surface area contributed by atoms with E-state index in [0.717, 1.165) is 5.56 Å².